The minimum atomic E-state index is -0.341. The number of nitrogens with one attached hydrogen (secondary N) is 1. The zero-order chi connectivity index (χ0) is 14.3. The van der Waals surface area contributed by atoms with Gasteiger partial charge < -0.3 is 20.1 Å². The molecule has 1 atom stereocenters. The van der Waals surface area contributed by atoms with Crippen molar-refractivity contribution in [3.63, 3.8) is 0 Å². The molecule has 0 heterocycles. The first-order valence-corrected chi connectivity index (χ1v) is 5.96. The maximum absolute atomic E-state index is 12.8. The highest BCUT2D eigenvalue weighted by molar-refractivity contribution is 5.73. The fourth-order valence-corrected chi connectivity index (χ4v) is 1.58. The lowest BCUT2D eigenvalue weighted by Gasteiger charge is -2.20. The first-order chi connectivity index (χ1) is 9.08. The summed E-state index contributed by atoms with van der Waals surface area (Å²) in [6.07, 6.45) is -0.341. The van der Waals surface area contributed by atoms with E-state index in [1.54, 1.807) is 19.2 Å². The van der Waals surface area contributed by atoms with Crippen molar-refractivity contribution in [1.29, 1.82) is 0 Å². The van der Waals surface area contributed by atoms with Crippen LogP contribution in [0.2, 0.25) is 0 Å². The molecule has 0 aliphatic rings. The largest absolute Gasteiger partial charge is 0.395 e. The smallest absolute Gasteiger partial charge is 0.317 e. The predicted octanol–water partition coefficient (Wildman–Crippen LogP) is 1.15. The van der Waals surface area contributed by atoms with Crippen LogP contribution in [-0.2, 0) is 4.74 Å². The minimum absolute atomic E-state index is 0.0877. The number of likely N-dealkylation sites (N-methyl/N-ethyl adjacent to an activating group) is 1. The van der Waals surface area contributed by atoms with Crippen LogP contribution in [0.3, 0.4) is 0 Å². The Kier molecular flexibility index (Phi) is 6.24. The monoisotopic (exact) mass is 270 g/mol. The summed E-state index contributed by atoms with van der Waals surface area (Å²) in [6, 6.07) is 5.64. The number of benzene rings is 1. The molecule has 1 aromatic rings. The second-order valence-corrected chi connectivity index (χ2v) is 4.11. The van der Waals surface area contributed by atoms with Crippen LogP contribution in [0, 0.1) is 5.82 Å². The Morgan fingerprint density at radius 1 is 1.47 bits per heavy atom. The molecule has 0 fully saturated rings. The number of methoxy groups -OCH3 is 1. The normalized spacial score (nSPS) is 12.0. The minimum Gasteiger partial charge on any atom is -0.395 e. The van der Waals surface area contributed by atoms with E-state index in [0.717, 1.165) is 5.56 Å². The van der Waals surface area contributed by atoms with Crippen molar-refractivity contribution in [2.24, 2.45) is 0 Å². The summed E-state index contributed by atoms with van der Waals surface area (Å²) >= 11 is 0. The third-order valence-electron chi connectivity index (χ3n) is 2.75. The topological polar surface area (TPSA) is 61.8 Å². The van der Waals surface area contributed by atoms with Crippen molar-refractivity contribution in [2.75, 3.05) is 33.9 Å². The zero-order valence-electron chi connectivity index (χ0n) is 11.1. The molecule has 0 radical (unpaired) electrons. The summed E-state index contributed by atoms with van der Waals surface area (Å²) < 4.78 is 18.1. The van der Waals surface area contributed by atoms with Crippen LogP contribution in [0.5, 0.6) is 0 Å². The summed E-state index contributed by atoms with van der Waals surface area (Å²) in [5.41, 5.74) is 0.786. The summed E-state index contributed by atoms with van der Waals surface area (Å²) in [7, 11) is 3.11. The van der Waals surface area contributed by atoms with E-state index in [1.165, 1.54) is 24.1 Å². The molecule has 0 aliphatic carbocycles. The number of nitrogens with zero attached hydrogens (tertiary/aromatic N) is 1. The number of rotatable bonds is 6. The summed E-state index contributed by atoms with van der Waals surface area (Å²) in [5, 5.41) is 11.4. The van der Waals surface area contributed by atoms with E-state index in [2.05, 4.69) is 5.32 Å². The number of halogens is 1. The van der Waals surface area contributed by atoms with Crippen LogP contribution in [-0.4, -0.2) is 49.9 Å². The summed E-state index contributed by atoms with van der Waals surface area (Å²) in [6.45, 7) is 0.451. The van der Waals surface area contributed by atoms with Crippen molar-refractivity contribution >= 4 is 6.03 Å². The van der Waals surface area contributed by atoms with Crippen LogP contribution >= 0.6 is 0 Å². The van der Waals surface area contributed by atoms with Crippen LogP contribution < -0.4 is 5.32 Å². The van der Waals surface area contributed by atoms with E-state index < -0.39 is 0 Å². The average molecular weight is 270 g/mol. The van der Waals surface area contributed by atoms with E-state index in [0.29, 0.717) is 0 Å². The van der Waals surface area contributed by atoms with Gasteiger partial charge in [-0.1, -0.05) is 12.1 Å². The second kappa shape index (κ2) is 7.70. The van der Waals surface area contributed by atoms with Gasteiger partial charge in [0.2, 0.25) is 0 Å². The van der Waals surface area contributed by atoms with Crippen molar-refractivity contribution < 1.29 is 19.0 Å². The van der Waals surface area contributed by atoms with E-state index >= 15 is 0 Å². The molecule has 1 aromatic carbocycles. The molecule has 106 valence electrons. The number of amides is 2. The Bertz CT molecular complexity index is 397. The Hall–Kier alpha value is -1.66. The number of urea groups is 1. The highest BCUT2D eigenvalue weighted by Crippen LogP contribution is 2.16. The highest BCUT2D eigenvalue weighted by atomic mass is 19.1. The van der Waals surface area contributed by atoms with Crippen molar-refractivity contribution in [3.8, 4) is 0 Å². The molecule has 1 rings (SSSR count). The lowest BCUT2D eigenvalue weighted by Crippen LogP contribution is -2.40. The predicted molar refractivity (Wildman–Crippen MR) is 69.3 cm³/mol. The quantitative estimate of drug-likeness (QED) is 0.815. The lowest BCUT2D eigenvalue weighted by atomic mass is 10.1. The van der Waals surface area contributed by atoms with Gasteiger partial charge in [0.05, 0.1) is 12.7 Å². The SMILES string of the molecule is COC(CNC(=O)N(C)CCO)c1ccc(F)cc1. The second-order valence-electron chi connectivity index (χ2n) is 4.11. The highest BCUT2D eigenvalue weighted by Gasteiger charge is 2.14. The molecule has 6 heteroatoms. The zero-order valence-corrected chi connectivity index (χ0v) is 11.1. The standard InChI is InChI=1S/C13H19FN2O3/c1-16(7-8-17)13(18)15-9-12(19-2)10-3-5-11(14)6-4-10/h3-6,12,17H,7-9H2,1-2H3,(H,15,18). The van der Waals surface area contributed by atoms with Gasteiger partial charge in [-0.3, -0.25) is 0 Å². The average Bonchev–Trinajstić information content (AvgIpc) is 2.41. The molecule has 0 aromatic heterocycles. The van der Waals surface area contributed by atoms with Crippen LogP contribution in [0.15, 0.2) is 24.3 Å². The van der Waals surface area contributed by atoms with E-state index in [4.69, 9.17) is 9.84 Å². The molecule has 0 saturated heterocycles. The van der Waals surface area contributed by atoms with Gasteiger partial charge in [-0.25, -0.2) is 9.18 Å². The summed E-state index contributed by atoms with van der Waals surface area (Å²) in [4.78, 5) is 13.0. The van der Waals surface area contributed by atoms with Gasteiger partial charge in [-0.15, -0.1) is 0 Å². The van der Waals surface area contributed by atoms with Crippen LogP contribution in [0.4, 0.5) is 9.18 Å². The molecule has 5 nitrogen and oxygen atoms in total. The van der Waals surface area contributed by atoms with Gasteiger partial charge in [0.1, 0.15) is 5.82 Å². The van der Waals surface area contributed by atoms with E-state index in [-0.39, 0.29) is 37.6 Å². The molecule has 0 spiro atoms. The third-order valence-corrected chi connectivity index (χ3v) is 2.75. The molecule has 2 N–H and O–H groups in total. The molecular weight excluding hydrogens is 251 g/mol. The molecule has 0 aliphatic heterocycles. The molecular formula is C13H19FN2O3. The van der Waals surface area contributed by atoms with E-state index in [9.17, 15) is 9.18 Å². The maximum atomic E-state index is 12.8. The number of hydrogen-bond acceptors (Lipinski definition) is 3. The Labute approximate surface area is 112 Å². The first-order valence-electron chi connectivity index (χ1n) is 5.96. The first kappa shape index (κ1) is 15.4. The van der Waals surface area contributed by atoms with Gasteiger partial charge in [0.15, 0.2) is 0 Å². The lowest BCUT2D eigenvalue weighted by molar-refractivity contribution is 0.101. The van der Waals surface area contributed by atoms with E-state index in [1.807, 2.05) is 0 Å². The Morgan fingerprint density at radius 2 is 2.11 bits per heavy atom. The Balaban J connectivity index is 2.53. The number of carbonyl (C=O) groups is 1. The fourth-order valence-electron chi connectivity index (χ4n) is 1.58. The van der Waals surface area contributed by atoms with Gasteiger partial charge in [0.25, 0.3) is 0 Å². The number of aliphatic hydroxyl groups is 1. The van der Waals surface area contributed by atoms with Crippen molar-refractivity contribution in [1.82, 2.24) is 10.2 Å². The molecule has 1 unspecified atom stereocenters. The molecule has 0 bridgehead atoms. The fraction of sp³-hybridized carbons (Fsp3) is 0.462. The molecule has 2 amide bonds. The Morgan fingerprint density at radius 3 is 2.63 bits per heavy atom. The number of aliphatic hydroxyl groups excluding tert-OH is 1. The summed E-state index contributed by atoms with van der Waals surface area (Å²) in [5.74, 6) is -0.315. The van der Waals surface area contributed by atoms with Crippen molar-refractivity contribution in [3.05, 3.63) is 35.6 Å². The van der Waals surface area contributed by atoms with Crippen molar-refractivity contribution in [2.45, 2.75) is 6.10 Å². The number of ether oxygens (including phenoxy) is 1. The van der Waals surface area contributed by atoms with Gasteiger partial charge in [0, 0.05) is 27.2 Å². The molecule has 0 saturated carbocycles. The van der Waals surface area contributed by atoms with Crippen LogP contribution in [0.25, 0.3) is 0 Å². The van der Waals surface area contributed by atoms with Crippen LogP contribution in [0.1, 0.15) is 11.7 Å². The van der Waals surface area contributed by atoms with Gasteiger partial charge in [-0.05, 0) is 17.7 Å². The van der Waals surface area contributed by atoms with Gasteiger partial charge in [-0.2, -0.15) is 0 Å². The molecule has 19 heavy (non-hydrogen) atoms. The van der Waals surface area contributed by atoms with Gasteiger partial charge >= 0.3 is 6.03 Å². The number of carbonyl (C=O) groups excluding carboxylic acids is 1. The maximum Gasteiger partial charge on any atom is 0.317 e. The number of hydrogen-bond donors (Lipinski definition) is 2. The third kappa shape index (κ3) is 4.84.